The van der Waals surface area contributed by atoms with Crippen LogP contribution in [0.4, 0.5) is 0 Å². The average molecular weight is 385 g/mol. The van der Waals surface area contributed by atoms with Crippen LogP contribution in [0.15, 0.2) is 83.5 Å². The molecule has 0 radical (unpaired) electrons. The molecule has 2 heterocycles. The molecule has 5 aromatic rings. The van der Waals surface area contributed by atoms with Crippen LogP contribution in [0.1, 0.15) is 0 Å². The van der Waals surface area contributed by atoms with E-state index in [-0.39, 0.29) is 0 Å². The molecule has 0 fully saturated rings. The van der Waals surface area contributed by atoms with Crippen LogP contribution in [-0.4, -0.2) is 9.97 Å². The minimum atomic E-state index is 0.992. The van der Waals surface area contributed by atoms with Gasteiger partial charge in [0.25, 0.3) is 0 Å². The smallest absolute Gasteiger partial charge is 0.0788 e. The van der Waals surface area contributed by atoms with E-state index in [0.717, 1.165) is 42.9 Å². The Morgan fingerprint density at radius 1 is 0.720 bits per heavy atom. The Kier molecular flexibility index (Phi) is 3.28. The highest BCUT2D eigenvalue weighted by atomic mass is 79.9. The van der Waals surface area contributed by atoms with E-state index in [2.05, 4.69) is 81.6 Å². The van der Waals surface area contributed by atoms with Gasteiger partial charge >= 0.3 is 0 Å². The summed E-state index contributed by atoms with van der Waals surface area (Å²) in [7, 11) is 0. The van der Waals surface area contributed by atoms with Crippen molar-refractivity contribution in [1.29, 1.82) is 0 Å². The third-order valence-corrected chi connectivity index (χ3v) is 5.08. The van der Waals surface area contributed by atoms with Crippen molar-refractivity contribution in [3.8, 4) is 11.3 Å². The standard InChI is InChI=1S/C22H13BrN2/c23-16-10-7-15(8-11-16)21-18-12-9-14-4-3-13-24-22(14)20(18)17-5-1-2-6-19(17)25-21/h1-13H. The summed E-state index contributed by atoms with van der Waals surface area (Å²) in [5, 5.41) is 4.59. The molecule has 0 spiro atoms. The number of fused-ring (bicyclic) bond motifs is 5. The lowest BCUT2D eigenvalue weighted by Crippen LogP contribution is -1.91. The molecule has 0 amide bonds. The van der Waals surface area contributed by atoms with E-state index in [1.165, 1.54) is 5.39 Å². The molecule has 0 aliphatic carbocycles. The lowest BCUT2D eigenvalue weighted by molar-refractivity contribution is 1.41. The Balaban J connectivity index is 2.01. The molecule has 25 heavy (non-hydrogen) atoms. The van der Waals surface area contributed by atoms with E-state index in [9.17, 15) is 0 Å². The van der Waals surface area contributed by atoms with Gasteiger partial charge in [-0.3, -0.25) is 4.98 Å². The van der Waals surface area contributed by atoms with Crippen LogP contribution in [0.2, 0.25) is 0 Å². The Hall–Kier alpha value is -2.78. The van der Waals surface area contributed by atoms with Gasteiger partial charge in [-0.2, -0.15) is 0 Å². The average Bonchev–Trinajstić information content (AvgIpc) is 2.67. The largest absolute Gasteiger partial charge is 0.256 e. The number of pyridine rings is 2. The number of nitrogens with zero attached hydrogens (tertiary/aromatic N) is 2. The summed E-state index contributed by atoms with van der Waals surface area (Å²) < 4.78 is 1.06. The first-order valence-electron chi connectivity index (χ1n) is 8.13. The Labute approximate surface area is 153 Å². The molecule has 3 heteroatoms. The predicted octanol–water partition coefficient (Wildman–Crippen LogP) is 6.37. The summed E-state index contributed by atoms with van der Waals surface area (Å²) in [4.78, 5) is 9.64. The van der Waals surface area contributed by atoms with Crippen molar-refractivity contribution in [2.45, 2.75) is 0 Å². The number of para-hydroxylation sites is 1. The quantitative estimate of drug-likeness (QED) is 0.314. The summed E-state index contributed by atoms with van der Waals surface area (Å²) in [6.45, 7) is 0. The second-order valence-electron chi connectivity index (χ2n) is 6.05. The van der Waals surface area contributed by atoms with E-state index in [1.807, 2.05) is 18.3 Å². The van der Waals surface area contributed by atoms with Crippen LogP contribution in [-0.2, 0) is 0 Å². The van der Waals surface area contributed by atoms with Crippen molar-refractivity contribution >= 4 is 48.5 Å². The number of hydrogen-bond acceptors (Lipinski definition) is 2. The van der Waals surface area contributed by atoms with Crippen molar-refractivity contribution in [2.24, 2.45) is 0 Å². The van der Waals surface area contributed by atoms with Crippen LogP contribution in [0.25, 0.3) is 43.8 Å². The highest BCUT2D eigenvalue weighted by Gasteiger charge is 2.13. The van der Waals surface area contributed by atoms with E-state index in [1.54, 1.807) is 0 Å². The summed E-state index contributed by atoms with van der Waals surface area (Å²) in [6.07, 6.45) is 1.86. The Morgan fingerprint density at radius 3 is 2.44 bits per heavy atom. The van der Waals surface area contributed by atoms with Crippen LogP contribution >= 0.6 is 15.9 Å². The Morgan fingerprint density at radius 2 is 1.56 bits per heavy atom. The predicted molar refractivity (Wildman–Crippen MR) is 108 cm³/mol. The zero-order valence-corrected chi connectivity index (χ0v) is 14.9. The van der Waals surface area contributed by atoms with Crippen molar-refractivity contribution in [2.75, 3.05) is 0 Å². The zero-order chi connectivity index (χ0) is 16.8. The fraction of sp³-hybridized carbons (Fsp3) is 0. The molecule has 0 unspecified atom stereocenters. The molecule has 0 aliphatic rings. The third kappa shape index (κ3) is 2.31. The second-order valence-corrected chi connectivity index (χ2v) is 6.96. The van der Waals surface area contributed by atoms with E-state index in [4.69, 9.17) is 4.98 Å². The minimum absolute atomic E-state index is 0.992. The minimum Gasteiger partial charge on any atom is -0.256 e. The first-order chi connectivity index (χ1) is 12.3. The summed E-state index contributed by atoms with van der Waals surface area (Å²) in [5.41, 5.74) is 4.12. The van der Waals surface area contributed by atoms with Crippen molar-refractivity contribution in [3.05, 3.63) is 83.5 Å². The van der Waals surface area contributed by atoms with E-state index >= 15 is 0 Å². The monoisotopic (exact) mass is 384 g/mol. The summed E-state index contributed by atoms with van der Waals surface area (Å²) >= 11 is 3.51. The third-order valence-electron chi connectivity index (χ3n) is 4.55. The topological polar surface area (TPSA) is 25.8 Å². The molecule has 0 N–H and O–H groups in total. The van der Waals surface area contributed by atoms with Gasteiger partial charge in [0.15, 0.2) is 0 Å². The first-order valence-corrected chi connectivity index (χ1v) is 8.93. The van der Waals surface area contributed by atoms with Crippen molar-refractivity contribution in [1.82, 2.24) is 9.97 Å². The number of hydrogen-bond donors (Lipinski definition) is 0. The Bertz CT molecular complexity index is 1230. The molecule has 0 saturated carbocycles. The molecule has 118 valence electrons. The van der Waals surface area contributed by atoms with Gasteiger partial charge < -0.3 is 0 Å². The fourth-order valence-corrected chi connectivity index (χ4v) is 3.67. The van der Waals surface area contributed by atoms with Gasteiger partial charge in [-0.1, -0.05) is 64.5 Å². The molecule has 3 aromatic carbocycles. The molecular weight excluding hydrogens is 372 g/mol. The van der Waals surface area contributed by atoms with Crippen LogP contribution in [0.3, 0.4) is 0 Å². The maximum Gasteiger partial charge on any atom is 0.0788 e. The lowest BCUT2D eigenvalue weighted by Gasteiger charge is -2.12. The number of aromatic nitrogens is 2. The summed E-state index contributed by atoms with van der Waals surface area (Å²) in [6, 6.07) is 25.0. The van der Waals surface area contributed by atoms with Gasteiger partial charge in [0.2, 0.25) is 0 Å². The number of benzene rings is 3. The number of rotatable bonds is 1. The second kappa shape index (κ2) is 5.64. The molecular formula is C22H13BrN2. The molecule has 0 saturated heterocycles. The maximum absolute atomic E-state index is 4.97. The van der Waals surface area contributed by atoms with Gasteiger partial charge in [0, 0.05) is 37.8 Å². The van der Waals surface area contributed by atoms with Gasteiger partial charge in [0.1, 0.15) is 0 Å². The fourth-order valence-electron chi connectivity index (χ4n) is 3.41. The SMILES string of the molecule is Brc1ccc(-c2nc3ccccc3c3c2ccc2cccnc23)cc1. The van der Waals surface area contributed by atoms with Gasteiger partial charge in [-0.05, 0) is 24.3 Å². The van der Waals surface area contributed by atoms with E-state index in [0.29, 0.717) is 0 Å². The maximum atomic E-state index is 4.97. The number of halogens is 1. The van der Waals surface area contributed by atoms with Crippen LogP contribution in [0.5, 0.6) is 0 Å². The lowest BCUT2D eigenvalue weighted by atomic mass is 9.97. The first kappa shape index (κ1) is 14.6. The van der Waals surface area contributed by atoms with Crippen LogP contribution in [0, 0.1) is 0 Å². The molecule has 0 aliphatic heterocycles. The molecule has 2 aromatic heterocycles. The highest BCUT2D eigenvalue weighted by molar-refractivity contribution is 9.10. The molecule has 0 atom stereocenters. The van der Waals surface area contributed by atoms with E-state index < -0.39 is 0 Å². The summed E-state index contributed by atoms with van der Waals surface area (Å²) in [5.74, 6) is 0. The van der Waals surface area contributed by atoms with Gasteiger partial charge in [-0.15, -0.1) is 0 Å². The zero-order valence-electron chi connectivity index (χ0n) is 13.3. The normalized spacial score (nSPS) is 11.4. The van der Waals surface area contributed by atoms with Crippen molar-refractivity contribution < 1.29 is 0 Å². The van der Waals surface area contributed by atoms with Gasteiger partial charge in [0.05, 0.1) is 16.7 Å². The van der Waals surface area contributed by atoms with Gasteiger partial charge in [-0.25, -0.2) is 4.98 Å². The van der Waals surface area contributed by atoms with Crippen molar-refractivity contribution in [3.63, 3.8) is 0 Å². The molecule has 5 rings (SSSR count). The molecule has 0 bridgehead atoms. The highest BCUT2D eigenvalue weighted by Crippen LogP contribution is 2.36. The molecule has 2 nitrogen and oxygen atoms in total. The van der Waals surface area contributed by atoms with Crippen LogP contribution < -0.4 is 0 Å².